The maximum absolute atomic E-state index is 11.9. The number of non-ortho nitro benzene ring substituents is 1. The van der Waals surface area contributed by atoms with Gasteiger partial charge in [0.1, 0.15) is 5.75 Å². The Balaban J connectivity index is 1.95. The van der Waals surface area contributed by atoms with Gasteiger partial charge in [-0.25, -0.2) is 0 Å². The van der Waals surface area contributed by atoms with Crippen LogP contribution in [0.4, 0.5) is 17.1 Å². The average molecular weight is 364 g/mol. The van der Waals surface area contributed by atoms with Crippen LogP contribution >= 0.6 is 11.6 Å². The largest absolute Gasteiger partial charge is 0.482 e. The minimum Gasteiger partial charge on any atom is -0.482 e. The molecule has 2 rings (SSSR count). The van der Waals surface area contributed by atoms with Crippen LogP contribution in [0.3, 0.4) is 0 Å². The highest BCUT2D eigenvalue weighted by Crippen LogP contribution is 2.28. The molecule has 0 aromatic heterocycles. The van der Waals surface area contributed by atoms with Crippen LogP contribution in [-0.2, 0) is 9.59 Å². The van der Waals surface area contributed by atoms with Crippen LogP contribution in [0.1, 0.15) is 6.92 Å². The summed E-state index contributed by atoms with van der Waals surface area (Å²) in [7, 11) is 0. The molecule has 0 heterocycles. The molecule has 0 fully saturated rings. The van der Waals surface area contributed by atoms with E-state index in [2.05, 4.69) is 10.6 Å². The topological polar surface area (TPSA) is 111 Å². The average Bonchev–Trinajstić information content (AvgIpc) is 2.53. The van der Waals surface area contributed by atoms with Crippen molar-refractivity contribution >= 4 is 40.5 Å². The van der Waals surface area contributed by atoms with E-state index in [1.807, 2.05) is 0 Å². The first-order valence-electron chi connectivity index (χ1n) is 7.09. The van der Waals surface area contributed by atoms with Gasteiger partial charge in [-0.3, -0.25) is 19.7 Å². The zero-order valence-corrected chi connectivity index (χ0v) is 13.9. The van der Waals surface area contributed by atoms with Crippen LogP contribution in [0.5, 0.6) is 5.75 Å². The number of ether oxygens (including phenoxy) is 1. The van der Waals surface area contributed by atoms with E-state index >= 15 is 0 Å². The Kier molecular flexibility index (Phi) is 5.91. The van der Waals surface area contributed by atoms with E-state index < -0.39 is 10.8 Å². The van der Waals surface area contributed by atoms with Crippen molar-refractivity contribution in [2.75, 3.05) is 17.2 Å². The van der Waals surface area contributed by atoms with Crippen molar-refractivity contribution in [1.82, 2.24) is 0 Å². The second-order valence-corrected chi connectivity index (χ2v) is 5.38. The molecule has 0 aliphatic rings. The Morgan fingerprint density at radius 2 is 1.84 bits per heavy atom. The van der Waals surface area contributed by atoms with Crippen LogP contribution in [-0.4, -0.2) is 23.3 Å². The van der Waals surface area contributed by atoms with Crippen molar-refractivity contribution in [1.29, 1.82) is 0 Å². The van der Waals surface area contributed by atoms with Gasteiger partial charge in [-0.1, -0.05) is 17.7 Å². The number of rotatable bonds is 6. The number of anilines is 2. The molecule has 0 aliphatic carbocycles. The summed E-state index contributed by atoms with van der Waals surface area (Å²) in [6.45, 7) is 1.05. The fourth-order valence-electron chi connectivity index (χ4n) is 1.94. The van der Waals surface area contributed by atoms with Crippen LogP contribution < -0.4 is 15.4 Å². The van der Waals surface area contributed by atoms with E-state index in [-0.39, 0.29) is 29.0 Å². The van der Waals surface area contributed by atoms with Crippen LogP contribution in [0.15, 0.2) is 42.5 Å². The van der Waals surface area contributed by atoms with Gasteiger partial charge in [0.2, 0.25) is 5.91 Å². The molecular formula is C16H14ClN3O5. The van der Waals surface area contributed by atoms with Crippen molar-refractivity contribution < 1.29 is 19.2 Å². The lowest BCUT2D eigenvalue weighted by Gasteiger charge is -2.10. The molecule has 8 nitrogen and oxygen atoms in total. The van der Waals surface area contributed by atoms with Crippen molar-refractivity contribution in [2.24, 2.45) is 0 Å². The molecule has 2 N–H and O–H groups in total. The monoisotopic (exact) mass is 363 g/mol. The van der Waals surface area contributed by atoms with E-state index in [0.717, 1.165) is 6.07 Å². The number of hydrogen-bond acceptors (Lipinski definition) is 5. The summed E-state index contributed by atoms with van der Waals surface area (Å²) in [6, 6.07) is 10.3. The van der Waals surface area contributed by atoms with E-state index in [1.165, 1.54) is 19.1 Å². The zero-order valence-electron chi connectivity index (χ0n) is 13.1. The molecule has 0 atom stereocenters. The second-order valence-electron chi connectivity index (χ2n) is 4.97. The maximum Gasteiger partial charge on any atom is 0.271 e. The number of nitro groups is 1. The Bertz CT molecular complexity index is 825. The first-order chi connectivity index (χ1) is 11.8. The van der Waals surface area contributed by atoms with E-state index in [1.54, 1.807) is 24.3 Å². The molecule has 0 spiro atoms. The number of nitro benzene ring substituents is 1. The molecule has 9 heteroatoms. The lowest BCUT2D eigenvalue weighted by atomic mass is 10.2. The van der Waals surface area contributed by atoms with Crippen LogP contribution in [0.25, 0.3) is 0 Å². The van der Waals surface area contributed by atoms with E-state index in [9.17, 15) is 19.7 Å². The third-order valence-electron chi connectivity index (χ3n) is 2.95. The number of carbonyl (C=O) groups excluding carboxylic acids is 2. The highest BCUT2D eigenvalue weighted by atomic mass is 35.5. The Hall–Kier alpha value is -3.13. The summed E-state index contributed by atoms with van der Waals surface area (Å²) in [6.07, 6.45) is 0. The van der Waals surface area contributed by atoms with Gasteiger partial charge in [0.15, 0.2) is 6.61 Å². The fraction of sp³-hybridized carbons (Fsp3) is 0.125. The summed E-state index contributed by atoms with van der Waals surface area (Å²) in [5.74, 6) is -0.511. The van der Waals surface area contributed by atoms with E-state index in [0.29, 0.717) is 11.4 Å². The summed E-state index contributed by atoms with van der Waals surface area (Å²) >= 11 is 5.88. The predicted molar refractivity (Wildman–Crippen MR) is 93.0 cm³/mol. The van der Waals surface area contributed by atoms with Gasteiger partial charge >= 0.3 is 0 Å². The zero-order chi connectivity index (χ0) is 18.4. The van der Waals surface area contributed by atoms with E-state index in [4.69, 9.17) is 16.3 Å². The molecule has 0 saturated heterocycles. The summed E-state index contributed by atoms with van der Waals surface area (Å²) in [5, 5.41) is 15.9. The molecule has 0 aliphatic heterocycles. The minimum atomic E-state index is -0.579. The molecule has 0 saturated carbocycles. The summed E-state index contributed by atoms with van der Waals surface area (Å²) in [4.78, 5) is 33.0. The molecule has 0 unspecified atom stereocenters. The van der Waals surface area contributed by atoms with Gasteiger partial charge in [0.25, 0.3) is 11.6 Å². The minimum absolute atomic E-state index is 0.0367. The Morgan fingerprint density at radius 3 is 2.44 bits per heavy atom. The highest BCUT2D eigenvalue weighted by molar-refractivity contribution is 6.32. The Morgan fingerprint density at radius 1 is 1.16 bits per heavy atom. The molecule has 130 valence electrons. The van der Waals surface area contributed by atoms with Crippen molar-refractivity contribution in [3.63, 3.8) is 0 Å². The highest BCUT2D eigenvalue weighted by Gasteiger charge is 2.12. The third kappa shape index (κ3) is 5.47. The number of carbonyl (C=O) groups is 2. The maximum atomic E-state index is 11.9. The van der Waals surface area contributed by atoms with Gasteiger partial charge in [0, 0.05) is 30.4 Å². The summed E-state index contributed by atoms with van der Waals surface area (Å²) < 4.78 is 5.26. The molecular weight excluding hydrogens is 350 g/mol. The van der Waals surface area contributed by atoms with Gasteiger partial charge < -0.3 is 15.4 Å². The number of nitrogens with one attached hydrogen (secondary N) is 2. The van der Waals surface area contributed by atoms with Crippen molar-refractivity contribution in [3.8, 4) is 5.75 Å². The van der Waals surface area contributed by atoms with Crippen LogP contribution in [0, 0.1) is 10.1 Å². The number of halogens is 1. The van der Waals surface area contributed by atoms with Gasteiger partial charge in [-0.2, -0.15) is 0 Å². The first-order valence-corrected chi connectivity index (χ1v) is 7.47. The molecule has 0 radical (unpaired) electrons. The molecule has 25 heavy (non-hydrogen) atoms. The quantitative estimate of drug-likeness (QED) is 0.604. The number of hydrogen-bond donors (Lipinski definition) is 2. The van der Waals surface area contributed by atoms with Gasteiger partial charge in [0.05, 0.1) is 9.95 Å². The SMILES string of the molecule is CC(=O)Nc1cccc(NC(=O)COc2ccc([N+](=O)[O-])cc2Cl)c1. The Labute approximate surface area is 147 Å². The van der Waals surface area contributed by atoms with Gasteiger partial charge in [-0.15, -0.1) is 0 Å². The molecule has 2 amide bonds. The lowest BCUT2D eigenvalue weighted by molar-refractivity contribution is -0.384. The smallest absolute Gasteiger partial charge is 0.271 e. The number of benzene rings is 2. The first kappa shape index (κ1) is 18.2. The van der Waals surface area contributed by atoms with Gasteiger partial charge in [-0.05, 0) is 24.3 Å². The van der Waals surface area contributed by atoms with Crippen molar-refractivity contribution in [2.45, 2.75) is 6.92 Å². The standard InChI is InChI=1S/C16H14ClN3O5/c1-10(21)18-11-3-2-4-12(7-11)19-16(22)9-25-15-6-5-13(20(23)24)8-14(15)17/h2-8H,9H2,1H3,(H,18,21)(H,19,22). The second kappa shape index (κ2) is 8.11. The third-order valence-corrected chi connectivity index (χ3v) is 3.25. The summed E-state index contributed by atoms with van der Waals surface area (Å²) in [5.41, 5.74) is 0.857. The fourth-order valence-corrected chi connectivity index (χ4v) is 2.17. The molecule has 0 bridgehead atoms. The predicted octanol–water partition coefficient (Wildman–Crippen LogP) is 3.22. The van der Waals surface area contributed by atoms with Crippen molar-refractivity contribution in [3.05, 3.63) is 57.6 Å². The number of nitrogens with zero attached hydrogens (tertiary/aromatic N) is 1. The normalized spacial score (nSPS) is 10.0. The van der Waals surface area contributed by atoms with Crippen LogP contribution in [0.2, 0.25) is 5.02 Å². The molecule has 2 aromatic carbocycles. The molecule has 2 aromatic rings. The number of amides is 2. The lowest BCUT2D eigenvalue weighted by Crippen LogP contribution is -2.20.